The second-order valence-electron chi connectivity index (χ2n) is 7.50. The third-order valence-corrected chi connectivity index (χ3v) is 2.71. The van der Waals surface area contributed by atoms with Crippen molar-refractivity contribution in [1.29, 1.82) is 0 Å². The van der Waals surface area contributed by atoms with E-state index in [1.807, 2.05) is 0 Å². The van der Waals surface area contributed by atoms with Crippen LogP contribution in [0.25, 0.3) is 0 Å². The molecule has 0 saturated carbocycles. The number of ether oxygens (including phenoxy) is 2. The molecule has 0 aromatic heterocycles. The number of aliphatic carboxylic acids is 1. The first-order chi connectivity index (χ1) is 10.2. The fourth-order valence-electron chi connectivity index (χ4n) is 1.75. The first kappa shape index (κ1) is 21.4. The topological polar surface area (TPSA) is 116 Å². The molecule has 0 heterocycles. The molecule has 23 heavy (non-hydrogen) atoms. The summed E-state index contributed by atoms with van der Waals surface area (Å²) in [5.74, 6) is -3.83. The average Bonchev–Trinajstić information content (AvgIpc) is 2.28. The summed E-state index contributed by atoms with van der Waals surface area (Å²) in [4.78, 5) is 34.8. The number of esters is 2. The molecule has 3 N–H and O–H groups in total. The minimum absolute atomic E-state index is 0.0563. The molecule has 0 aliphatic carbocycles. The highest BCUT2D eigenvalue weighted by Gasteiger charge is 2.31. The monoisotopic (exact) mass is 331 g/mol. The van der Waals surface area contributed by atoms with E-state index < -0.39 is 41.1 Å². The van der Waals surface area contributed by atoms with Crippen molar-refractivity contribution < 1.29 is 29.0 Å². The Balaban J connectivity index is 4.47. The predicted molar refractivity (Wildman–Crippen MR) is 84.6 cm³/mol. The average molecular weight is 331 g/mol. The Kier molecular flexibility index (Phi) is 7.70. The van der Waals surface area contributed by atoms with Gasteiger partial charge in [0.15, 0.2) is 5.92 Å². The molecule has 0 bridgehead atoms. The van der Waals surface area contributed by atoms with Gasteiger partial charge in [0.05, 0.1) is 0 Å². The van der Waals surface area contributed by atoms with Gasteiger partial charge in [0, 0.05) is 0 Å². The summed E-state index contributed by atoms with van der Waals surface area (Å²) in [6.45, 7) is 10.2. The Morgan fingerprint density at radius 3 is 1.74 bits per heavy atom. The van der Waals surface area contributed by atoms with Gasteiger partial charge in [0.25, 0.3) is 0 Å². The van der Waals surface area contributed by atoms with Gasteiger partial charge in [-0.2, -0.15) is 0 Å². The van der Waals surface area contributed by atoms with E-state index in [0.29, 0.717) is 6.42 Å². The molecule has 7 heteroatoms. The van der Waals surface area contributed by atoms with E-state index in [1.54, 1.807) is 41.5 Å². The van der Waals surface area contributed by atoms with Gasteiger partial charge in [0.2, 0.25) is 0 Å². The fourth-order valence-corrected chi connectivity index (χ4v) is 1.75. The zero-order chi connectivity index (χ0) is 18.4. The molecule has 2 unspecified atom stereocenters. The van der Waals surface area contributed by atoms with Crippen LogP contribution < -0.4 is 5.73 Å². The van der Waals surface area contributed by atoms with Crippen molar-refractivity contribution in [3.8, 4) is 0 Å². The number of carbonyl (C=O) groups is 3. The summed E-state index contributed by atoms with van der Waals surface area (Å²) >= 11 is 0. The standard InChI is InChI=1S/C16H29NO6/c1-15(2,3)22-13(20)10(12(18)19)8-7-9-11(17)14(21)23-16(4,5)6/h10-11H,7-9,17H2,1-6H3,(H,18,19). The zero-order valence-corrected chi connectivity index (χ0v) is 14.8. The Labute approximate surface area is 137 Å². The number of hydrogen-bond acceptors (Lipinski definition) is 6. The molecule has 0 aliphatic heterocycles. The number of nitrogens with two attached hydrogens (primary N) is 1. The minimum atomic E-state index is -1.26. The van der Waals surface area contributed by atoms with E-state index in [1.165, 1.54) is 0 Å². The van der Waals surface area contributed by atoms with Gasteiger partial charge in [-0.1, -0.05) is 0 Å². The molecule has 0 aromatic carbocycles. The van der Waals surface area contributed by atoms with Crippen molar-refractivity contribution in [3.63, 3.8) is 0 Å². The number of hydrogen-bond donors (Lipinski definition) is 2. The van der Waals surface area contributed by atoms with Crippen molar-refractivity contribution in [2.24, 2.45) is 11.7 Å². The second-order valence-corrected chi connectivity index (χ2v) is 7.50. The van der Waals surface area contributed by atoms with Crippen molar-refractivity contribution in [2.75, 3.05) is 0 Å². The Morgan fingerprint density at radius 1 is 0.913 bits per heavy atom. The lowest BCUT2D eigenvalue weighted by Gasteiger charge is -2.23. The molecule has 2 atom stereocenters. The molecular weight excluding hydrogens is 302 g/mol. The molecule has 0 saturated heterocycles. The summed E-state index contributed by atoms with van der Waals surface area (Å²) in [5, 5.41) is 9.14. The maximum absolute atomic E-state index is 11.9. The molecule has 0 rings (SSSR count). The fraction of sp³-hybridized carbons (Fsp3) is 0.812. The minimum Gasteiger partial charge on any atom is -0.481 e. The third kappa shape index (κ3) is 9.89. The van der Waals surface area contributed by atoms with Crippen LogP contribution >= 0.6 is 0 Å². The van der Waals surface area contributed by atoms with E-state index in [2.05, 4.69) is 0 Å². The van der Waals surface area contributed by atoms with E-state index in [4.69, 9.17) is 20.3 Å². The first-order valence-electron chi connectivity index (χ1n) is 7.67. The Hall–Kier alpha value is -1.63. The quantitative estimate of drug-likeness (QED) is 0.540. The van der Waals surface area contributed by atoms with Crippen LogP contribution in [0.1, 0.15) is 60.8 Å². The predicted octanol–water partition coefficient (Wildman–Crippen LogP) is 1.87. The Bertz CT molecular complexity index is 433. The van der Waals surface area contributed by atoms with Gasteiger partial charge in [-0.25, -0.2) is 0 Å². The van der Waals surface area contributed by atoms with Crippen LogP contribution in [-0.4, -0.2) is 40.3 Å². The highest BCUT2D eigenvalue weighted by Crippen LogP contribution is 2.17. The third-order valence-electron chi connectivity index (χ3n) is 2.71. The molecule has 0 aromatic rings. The van der Waals surface area contributed by atoms with Gasteiger partial charge in [-0.05, 0) is 60.8 Å². The maximum atomic E-state index is 11.9. The van der Waals surface area contributed by atoms with Crippen LogP contribution in [0.15, 0.2) is 0 Å². The van der Waals surface area contributed by atoms with E-state index in [-0.39, 0.29) is 12.8 Å². The Morgan fingerprint density at radius 2 is 1.35 bits per heavy atom. The SMILES string of the molecule is CC(C)(C)OC(=O)C(N)CCCC(C(=O)O)C(=O)OC(C)(C)C. The van der Waals surface area contributed by atoms with Crippen LogP contribution in [0.4, 0.5) is 0 Å². The molecule has 0 radical (unpaired) electrons. The molecule has 134 valence electrons. The number of carboxylic acids is 1. The van der Waals surface area contributed by atoms with Gasteiger partial charge < -0.3 is 20.3 Å². The number of carboxylic acid groups (broad SMARTS) is 1. The van der Waals surface area contributed by atoms with Gasteiger partial charge in [0.1, 0.15) is 17.2 Å². The van der Waals surface area contributed by atoms with E-state index >= 15 is 0 Å². The van der Waals surface area contributed by atoms with Crippen molar-refractivity contribution in [2.45, 2.75) is 78.0 Å². The maximum Gasteiger partial charge on any atom is 0.323 e. The van der Waals surface area contributed by atoms with Crippen LogP contribution in [0.5, 0.6) is 0 Å². The molecule has 0 amide bonds. The summed E-state index contributed by atoms with van der Waals surface area (Å²) in [7, 11) is 0. The van der Waals surface area contributed by atoms with Crippen LogP contribution in [0.3, 0.4) is 0 Å². The highest BCUT2D eigenvalue weighted by molar-refractivity contribution is 5.94. The smallest absolute Gasteiger partial charge is 0.323 e. The highest BCUT2D eigenvalue weighted by atomic mass is 16.6. The van der Waals surface area contributed by atoms with Gasteiger partial charge in [-0.3, -0.25) is 14.4 Å². The van der Waals surface area contributed by atoms with Crippen LogP contribution in [-0.2, 0) is 23.9 Å². The van der Waals surface area contributed by atoms with Crippen LogP contribution in [0.2, 0.25) is 0 Å². The first-order valence-corrected chi connectivity index (χ1v) is 7.67. The molecular formula is C16H29NO6. The largest absolute Gasteiger partial charge is 0.481 e. The normalized spacial score (nSPS) is 14.7. The second kappa shape index (κ2) is 8.29. The lowest BCUT2D eigenvalue weighted by molar-refractivity contribution is -0.167. The lowest BCUT2D eigenvalue weighted by Crippen LogP contribution is -2.37. The van der Waals surface area contributed by atoms with Crippen molar-refractivity contribution in [3.05, 3.63) is 0 Å². The molecule has 7 nitrogen and oxygen atoms in total. The molecule has 0 aliphatic rings. The molecule has 0 fully saturated rings. The lowest BCUT2D eigenvalue weighted by atomic mass is 9.99. The van der Waals surface area contributed by atoms with Gasteiger partial charge >= 0.3 is 17.9 Å². The van der Waals surface area contributed by atoms with Crippen LogP contribution in [0, 0.1) is 5.92 Å². The summed E-state index contributed by atoms with van der Waals surface area (Å²) in [6.07, 6.45) is 0.596. The summed E-state index contributed by atoms with van der Waals surface area (Å²) in [5.41, 5.74) is 4.34. The zero-order valence-electron chi connectivity index (χ0n) is 14.8. The molecule has 0 spiro atoms. The summed E-state index contributed by atoms with van der Waals surface area (Å²) in [6, 6.07) is -0.845. The van der Waals surface area contributed by atoms with Gasteiger partial charge in [-0.15, -0.1) is 0 Å². The van der Waals surface area contributed by atoms with E-state index in [9.17, 15) is 14.4 Å². The summed E-state index contributed by atoms with van der Waals surface area (Å²) < 4.78 is 10.2. The van der Waals surface area contributed by atoms with Crippen molar-refractivity contribution in [1.82, 2.24) is 0 Å². The number of rotatable bonds is 7. The number of carbonyl (C=O) groups excluding carboxylic acids is 2. The van der Waals surface area contributed by atoms with E-state index in [0.717, 1.165) is 0 Å². The van der Waals surface area contributed by atoms with Crippen molar-refractivity contribution >= 4 is 17.9 Å².